The van der Waals surface area contributed by atoms with Gasteiger partial charge in [-0.1, -0.05) is 32.9 Å². The molecule has 0 aliphatic carbocycles. The van der Waals surface area contributed by atoms with Crippen LogP contribution in [0.5, 0.6) is 5.75 Å². The highest BCUT2D eigenvalue weighted by atomic mass is 16.5. The van der Waals surface area contributed by atoms with Crippen molar-refractivity contribution in [1.82, 2.24) is 5.32 Å². The lowest BCUT2D eigenvalue weighted by Crippen LogP contribution is -2.36. The van der Waals surface area contributed by atoms with Gasteiger partial charge in [0, 0.05) is 24.2 Å². The molecule has 1 aliphatic rings. The lowest BCUT2D eigenvalue weighted by molar-refractivity contribution is -0.117. The molecule has 1 atom stereocenters. The predicted molar refractivity (Wildman–Crippen MR) is 116 cm³/mol. The van der Waals surface area contributed by atoms with Gasteiger partial charge in [0.25, 0.3) is 5.91 Å². The van der Waals surface area contributed by atoms with Crippen LogP contribution in [0.15, 0.2) is 48.5 Å². The zero-order valence-corrected chi connectivity index (χ0v) is 17.7. The molecule has 29 heavy (non-hydrogen) atoms. The van der Waals surface area contributed by atoms with E-state index in [1.807, 2.05) is 31.2 Å². The average Bonchev–Trinajstić information content (AvgIpc) is 3.12. The van der Waals surface area contributed by atoms with Gasteiger partial charge in [0.15, 0.2) is 0 Å². The third kappa shape index (κ3) is 5.37. The van der Waals surface area contributed by atoms with Crippen LogP contribution >= 0.6 is 0 Å². The second kappa shape index (κ2) is 8.68. The Morgan fingerprint density at radius 1 is 1.10 bits per heavy atom. The van der Waals surface area contributed by atoms with Crippen molar-refractivity contribution in [2.24, 2.45) is 0 Å². The molecule has 0 radical (unpaired) electrons. The summed E-state index contributed by atoms with van der Waals surface area (Å²) in [6, 6.07) is 15.1. The SMILES string of the molecule is CC(COc1ccc(C(C)(C)C)cc1)NC(=O)c1ccc(N2CCCC2=O)cc1. The number of hydrogen-bond donors (Lipinski definition) is 1. The minimum atomic E-state index is -0.150. The number of carbonyl (C=O) groups excluding carboxylic acids is 2. The van der Waals surface area contributed by atoms with Crippen LogP contribution in [0.1, 0.15) is 56.5 Å². The Labute approximate surface area is 173 Å². The van der Waals surface area contributed by atoms with E-state index in [2.05, 4.69) is 38.2 Å². The number of hydrogen-bond acceptors (Lipinski definition) is 3. The summed E-state index contributed by atoms with van der Waals surface area (Å²) in [5, 5.41) is 2.96. The molecular weight excluding hydrogens is 364 g/mol. The van der Waals surface area contributed by atoms with E-state index in [4.69, 9.17) is 4.74 Å². The molecule has 1 N–H and O–H groups in total. The van der Waals surface area contributed by atoms with Crippen molar-refractivity contribution >= 4 is 17.5 Å². The molecule has 1 fully saturated rings. The van der Waals surface area contributed by atoms with Gasteiger partial charge in [-0.05, 0) is 60.7 Å². The molecule has 0 bridgehead atoms. The van der Waals surface area contributed by atoms with Gasteiger partial charge in [0.1, 0.15) is 12.4 Å². The number of carbonyl (C=O) groups is 2. The minimum Gasteiger partial charge on any atom is -0.491 e. The fourth-order valence-electron chi connectivity index (χ4n) is 3.34. The van der Waals surface area contributed by atoms with E-state index in [0.29, 0.717) is 18.6 Å². The van der Waals surface area contributed by atoms with E-state index in [1.54, 1.807) is 17.0 Å². The monoisotopic (exact) mass is 394 g/mol. The molecule has 1 unspecified atom stereocenters. The van der Waals surface area contributed by atoms with Crippen LogP contribution in [0.25, 0.3) is 0 Å². The number of benzene rings is 2. The van der Waals surface area contributed by atoms with E-state index in [-0.39, 0.29) is 23.3 Å². The van der Waals surface area contributed by atoms with E-state index in [0.717, 1.165) is 24.4 Å². The molecule has 154 valence electrons. The Balaban J connectivity index is 1.50. The second-order valence-corrected chi connectivity index (χ2v) is 8.66. The molecule has 1 aliphatic heterocycles. The van der Waals surface area contributed by atoms with Gasteiger partial charge in [0.05, 0.1) is 6.04 Å². The zero-order chi connectivity index (χ0) is 21.0. The number of anilines is 1. The highest BCUT2D eigenvalue weighted by molar-refractivity contribution is 5.97. The Bertz CT molecular complexity index is 851. The number of ether oxygens (including phenoxy) is 1. The van der Waals surface area contributed by atoms with E-state index < -0.39 is 0 Å². The Kier molecular flexibility index (Phi) is 6.26. The largest absolute Gasteiger partial charge is 0.491 e. The molecule has 0 saturated carbocycles. The van der Waals surface area contributed by atoms with Crippen molar-refractivity contribution in [1.29, 1.82) is 0 Å². The summed E-state index contributed by atoms with van der Waals surface area (Å²) in [5.74, 6) is 0.783. The predicted octanol–water partition coefficient (Wildman–Crippen LogP) is 4.31. The van der Waals surface area contributed by atoms with Crippen molar-refractivity contribution in [3.8, 4) is 5.75 Å². The Hall–Kier alpha value is -2.82. The number of amides is 2. The molecule has 0 spiro atoms. The molecule has 5 nitrogen and oxygen atoms in total. The first-order valence-corrected chi connectivity index (χ1v) is 10.2. The molecule has 1 heterocycles. The van der Waals surface area contributed by atoms with Crippen molar-refractivity contribution in [2.75, 3.05) is 18.1 Å². The molecule has 1 saturated heterocycles. The van der Waals surface area contributed by atoms with Crippen molar-refractivity contribution < 1.29 is 14.3 Å². The number of nitrogens with one attached hydrogen (secondary N) is 1. The Morgan fingerprint density at radius 3 is 2.31 bits per heavy atom. The third-order valence-corrected chi connectivity index (χ3v) is 5.11. The van der Waals surface area contributed by atoms with Gasteiger partial charge in [-0.3, -0.25) is 9.59 Å². The van der Waals surface area contributed by atoms with Gasteiger partial charge in [0.2, 0.25) is 5.91 Å². The highest BCUT2D eigenvalue weighted by Crippen LogP contribution is 2.24. The molecule has 2 aromatic carbocycles. The van der Waals surface area contributed by atoms with E-state index >= 15 is 0 Å². The highest BCUT2D eigenvalue weighted by Gasteiger charge is 2.22. The second-order valence-electron chi connectivity index (χ2n) is 8.66. The van der Waals surface area contributed by atoms with Gasteiger partial charge in [-0.2, -0.15) is 0 Å². The first-order valence-electron chi connectivity index (χ1n) is 10.2. The van der Waals surface area contributed by atoms with Gasteiger partial charge >= 0.3 is 0 Å². The van der Waals surface area contributed by atoms with Crippen LogP contribution in [0.3, 0.4) is 0 Å². The van der Waals surface area contributed by atoms with Crippen LogP contribution in [0, 0.1) is 0 Å². The summed E-state index contributed by atoms with van der Waals surface area (Å²) in [5.41, 5.74) is 2.78. The van der Waals surface area contributed by atoms with E-state index in [1.165, 1.54) is 5.56 Å². The maximum Gasteiger partial charge on any atom is 0.251 e. The summed E-state index contributed by atoms with van der Waals surface area (Å²) in [7, 11) is 0. The smallest absolute Gasteiger partial charge is 0.251 e. The third-order valence-electron chi connectivity index (χ3n) is 5.11. The number of rotatable bonds is 6. The topological polar surface area (TPSA) is 58.6 Å². The summed E-state index contributed by atoms with van der Waals surface area (Å²) >= 11 is 0. The van der Waals surface area contributed by atoms with E-state index in [9.17, 15) is 9.59 Å². The molecule has 2 aromatic rings. The fraction of sp³-hybridized carbons (Fsp3) is 0.417. The summed E-state index contributed by atoms with van der Waals surface area (Å²) < 4.78 is 5.81. The fourth-order valence-corrected chi connectivity index (χ4v) is 3.34. The first kappa shape index (κ1) is 20.9. The van der Waals surface area contributed by atoms with Crippen molar-refractivity contribution in [2.45, 2.75) is 52.0 Å². The normalized spacial score (nSPS) is 15.3. The van der Waals surface area contributed by atoms with Crippen LogP contribution in [-0.2, 0) is 10.2 Å². The molecule has 0 aromatic heterocycles. The minimum absolute atomic E-state index is 0.109. The zero-order valence-electron chi connectivity index (χ0n) is 17.7. The van der Waals surface area contributed by atoms with Gasteiger partial charge < -0.3 is 15.0 Å². The lowest BCUT2D eigenvalue weighted by atomic mass is 9.87. The van der Waals surface area contributed by atoms with Gasteiger partial charge in [-0.25, -0.2) is 0 Å². The molecule has 2 amide bonds. The van der Waals surface area contributed by atoms with Gasteiger partial charge in [-0.15, -0.1) is 0 Å². The molecule has 5 heteroatoms. The average molecular weight is 395 g/mol. The standard InChI is InChI=1S/C24H30N2O3/c1-17(16-29-21-13-9-19(10-14-21)24(2,3)4)25-23(28)18-7-11-20(12-8-18)26-15-5-6-22(26)27/h7-14,17H,5-6,15-16H2,1-4H3,(H,25,28). The first-order chi connectivity index (χ1) is 13.7. The van der Waals surface area contributed by atoms with Crippen molar-refractivity contribution in [3.05, 3.63) is 59.7 Å². The molecule has 3 rings (SSSR count). The Morgan fingerprint density at radius 2 is 1.76 bits per heavy atom. The quantitative estimate of drug-likeness (QED) is 0.794. The molecular formula is C24H30N2O3. The number of nitrogens with zero attached hydrogens (tertiary/aromatic N) is 1. The lowest BCUT2D eigenvalue weighted by Gasteiger charge is -2.20. The maximum absolute atomic E-state index is 12.5. The summed E-state index contributed by atoms with van der Waals surface area (Å²) in [6.07, 6.45) is 1.48. The summed E-state index contributed by atoms with van der Waals surface area (Å²) in [4.78, 5) is 26.1. The van der Waals surface area contributed by atoms with Crippen LogP contribution in [-0.4, -0.2) is 31.0 Å². The van der Waals surface area contributed by atoms with Crippen LogP contribution in [0.2, 0.25) is 0 Å². The summed E-state index contributed by atoms with van der Waals surface area (Å²) in [6.45, 7) is 9.58. The van der Waals surface area contributed by atoms with Crippen LogP contribution < -0.4 is 15.0 Å². The van der Waals surface area contributed by atoms with Crippen LogP contribution in [0.4, 0.5) is 5.69 Å². The maximum atomic E-state index is 12.5. The van der Waals surface area contributed by atoms with Crippen molar-refractivity contribution in [3.63, 3.8) is 0 Å².